The van der Waals surface area contributed by atoms with Gasteiger partial charge in [-0.25, -0.2) is 0 Å². The molecule has 2 heteroatoms. The summed E-state index contributed by atoms with van der Waals surface area (Å²) in [5, 5.41) is 0. The Morgan fingerprint density at radius 1 is 0.627 bits per heavy atom. The molecule has 1 aromatic carbocycles. The molecule has 0 radical (unpaired) electrons. The summed E-state index contributed by atoms with van der Waals surface area (Å²) in [6.07, 6.45) is 54.7. The van der Waals surface area contributed by atoms with Crippen molar-refractivity contribution in [2.45, 2.75) is 108 Å². The van der Waals surface area contributed by atoms with E-state index in [1.807, 2.05) is 0 Å². The summed E-state index contributed by atoms with van der Waals surface area (Å²) >= 11 is 0. The zero-order chi connectivity index (χ0) is 34.1. The van der Waals surface area contributed by atoms with Gasteiger partial charge in [-0.2, -0.15) is 0 Å². The molecular formula is C49H54N2. The van der Waals surface area contributed by atoms with Gasteiger partial charge < -0.3 is 4.57 Å². The van der Waals surface area contributed by atoms with E-state index >= 15 is 0 Å². The van der Waals surface area contributed by atoms with Gasteiger partial charge in [-0.3, -0.25) is 4.90 Å². The second-order valence-electron chi connectivity index (χ2n) is 16.0. The van der Waals surface area contributed by atoms with E-state index in [9.17, 15) is 0 Å². The van der Waals surface area contributed by atoms with Crippen molar-refractivity contribution in [2.24, 2.45) is 11.8 Å². The van der Waals surface area contributed by atoms with Crippen molar-refractivity contribution in [3.8, 4) is 0 Å². The maximum absolute atomic E-state index is 2.88. The molecular weight excluding hydrogens is 617 g/mol. The van der Waals surface area contributed by atoms with Gasteiger partial charge in [0.15, 0.2) is 0 Å². The number of benzene rings is 1. The molecule has 0 N–H and O–H groups in total. The average molecular weight is 671 g/mol. The van der Waals surface area contributed by atoms with E-state index in [4.69, 9.17) is 0 Å². The summed E-state index contributed by atoms with van der Waals surface area (Å²) in [5.41, 5.74) is 12.1. The summed E-state index contributed by atoms with van der Waals surface area (Å²) in [5.74, 6) is 1.64. The molecule has 7 aliphatic carbocycles. The molecule has 51 heavy (non-hydrogen) atoms. The lowest BCUT2D eigenvalue weighted by Gasteiger charge is -2.44. The minimum atomic E-state index is 0.407. The SMILES string of the molecule is CC1CC=CC=C1C1=CCC(N(C2C=CC(C3=CCC(n4c5c(c6c4C=CCC6)CCC=C5)C=C3)CC2)C2C=CC(c3ccccc3)CC2)C=C1. The zero-order valence-electron chi connectivity index (χ0n) is 30.4. The van der Waals surface area contributed by atoms with Crippen LogP contribution in [0.5, 0.6) is 0 Å². The Morgan fingerprint density at radius 3 is 1.96 bits per heavy atom. The van der Waals surface area contributed by atoms with Crippen molar-refractivity contribution in [2.75, 3.05) is 0 Å². The summed E-state index contributed by atoms with van der Waals surface area (Å²) in [4.78, 5) is 2.88. The monoisotopic (exact) mass is 670 g/mol. The van der Waals surface area contributed by atoms with Crippen LogP contribution in [-0.2, 0) is 12.8 Å². The quantitative estimate of drug-likeness (QED) is 0.266. The van der Waals surface area contributed by atoms with Gasteiger partial charge in [0.1, 0.15) is 0 Å². The lowest BCUT2D eigenvalue weighted by molar-refractivity contribution is 0.126. The van der Waals surface area contributed by atoms with Gasteiger partial charge in [0, 0.05) is 41.3 Å². The van der Waals surface area contributed by atoms with Crippen LogP contribution in [0.3, 0.4) is 0 Å². The minimum absolute atomic E-state index is 0.407. The second kappa shape index (κ2) is 14.5. The second-order valence-corrected chi connectivity index (χ2v) is 16.0. The first-order valence-corrected chi connectivity index (χ1v) is 20.1. The van der Waals surface area contributed by atoms with Gasteiger partial charge in [0.25, 0.3) is 0 Å². The number of nitrogens with zero attached hydrogens (tertiary/aromatic N) is 2. The van der Waals surface area contributed by atoms with E-state index in [-0.39, 0.29) is 0 Å². The maximum Gasteiger partial charge on any atom is 0.0560 e. The highest BCUT2D eigenvalue weighted by Crippen LogP contribution is 2.41. The van der Waals surface area contributed by atoms with E-state index < -0.39 is 0 Å². The van der Waals surface area contributed by atoms with Crippen molar-refractivity contribution in [1.82, 2.24) is 9.47 Å². The largest absolute Gasteiger partial charge is 0.334 e. The molecule has 0 aliphatic heterocycles. The van der Waals surface area contributed by atoms with Crippen LogP contribution in [0.15, 0.2) is 138 Å². The summed E-state index contributed by atoms with van der Waals surface area (Å²) in [6.45, 7) is 2.37. The molecule has 7 unspecified atom stereocenters. The van der Waals surface area contributed by atoms with Gasteiger partial charge in [-0.05, 0) is 122 Å². The van der Waals surface area contributed by atoms with Crippen molar-refractivity contribution in [1.29, 1.82) is 0 Å². The molecule has 1 aromatic heterocycles. The van der Waals surface area contributed by atoms with E-state index in [0.717, 1.165) is 19.3 Å². The smallest absolute Gasteiger partial charge is 0.0560 e. The van der Waals surface area contributed by atoms with Crippen LogP contribution in [-0.4, -0.2) is 27.6 Å². The molecule has 9 rings (SSSR count). The Morgan fingerprint density at radius 2 is 1.35 bits per heavy atom. The third-order valence-corrected chi connectivity index (χ3v) is 12.9. The van der Waals surface area contributed by atoms with Crippen LogP contribution in [0, 0.1) is 11.8 Å². The van der Waals surface area contributed by atoms with Crippen LogP contribution in [0.1, 0.15) is 105 Å². The van der Waals surface area contributed by atoms with Gasteiger partial charge in [0.2, 0.25) is 0 Å². The fourth-order valence-corrected chi connectivity index (χ4v) is 10.2. The maximum atomic E-state index is 2.88. The van der Waals surface area contributed by atoms with Gasteiger partial charge in [-0.1, -0.05) is 128 Å². The fraction of sp³-hybridized carbons (Fsp3) is 0.388. The van der Waals surface area contributed by atoms with Crippen molar-refractivity contribution < 1.29 is 0 Å². The Hall–Kier alpha value is -4.14. The first-order valence-electron chi connectivity index (χ1n) is 20.1. The number of hydrogen-bond acceptors (Lipinski definition) is 1. The number of hydrogen-bond donors (Lipinski definition) is 0. The highest BCUT2D eigenvalue weighted by Gasteiger charge is 2.34. The summed E-state index contributed by atoms with van der Waals surface area (Å²) in [7, 11) is 0. The first kappa shape index (κ1) is 32.7. The third-order valence-electron chi connectivity index (χ3n) is 12.9. The molecule has 7 aliphatic rings. The Bertz CT molecular complexity index is 1890. The topological polar surface area (TPSA) is 8.17 Å². The third kappa shape index (κ3) is 6.46. The van der Waals surface area contributed by atoms with Crippen LogP contribution >= 0.6 is 0 Å². The fourth-order valence-electron chi connectivity index (χ4n) is 10.2. The van der Waals surface area contributed by atoms with Gasteiger partial charge >= 0.3 is 0 Å². The molecule has 0 amide bonds. The number of fused-ring (bicyclic) bond motifs is 3. The highest BCUT2D eigenvalue weighted by atomic mass is 15.2. The lowest BCUT2D eigenvalue weighted by atomic mass is 9.81. The van der Waals surface area contributed by atoms with E-state index in [1.54, 1.807) is 11.1 Å². The zero-order valence-corrected chi connectivity index (χ0v) is 30.4. The predicted molar refractivity (Wildman–Crippen MR) is 215 cm³/mol. The first-order chi connectivity index (χ1) is 25.2. The van der Waals surface area contributed by atoms with Crippen molar-refractivity contribution >= 4 is 12.2 Å². The van der Waals surface area contributed by atoms with Crippen LogP contribution in [0.4, 0.5) is 0 Å². The molecule has 0 fully saturated rings. The number of aromatic nitrogens is 1. The van der Waals surface area contributed by atoms with Crippen LogP contribution in [0.25, 0.3) is 12.2 Å². The number of rotatable bonds is 7. The minimum Gasteiger partial charge on any atom is -0.334 e. The van der Waals surface area contributed by atoms with Crippen molar-refractivity contribution in [3.05, 3.63) is 166 Å². The van der Waals surface area contributed by atoms with Gasteiger partial charge in [0.05, 0.1) is 6.04 Å². The summed E-state index contributed by atoms with van der Waals surface area (Å²) < 4.78 is 2.66. The van der Waals surface area contributed by atoms with E-state index in [2.05, 4.69) is 150 Å². The highest BCUT2D eigenvalue weighted by molar-refractivity contribution is 5.66. The molecule has 2 aromatic rings. The Kier molecular flexibility index (Phi) is 9.29. The lowest BCUT2D eigenvalue weighted by Crippen LogP contribution is -2.49. The van der Waals surface area contributed by atoms with Crippen molar-refractivity contribution in [3.63, 3.8) is 0 Å². The molecule has 0 bridgehead atoms. The number of allylic oxidation sites excluding steroid dienone is 14. The summed E-state index contributed by atoms with van der Waals surface area (Å²) in [6, 6.07) is 12.9. The Balaban J connectivity index is 0.926. The molecule has 260 valence electrons. The molecule has 7 atom stereocenters. The molecule has 0 saturated heterocycles. The molecule has 0 saturated carbocycles. The standard InChI is InChI=1S/C49H54N2/c1-35-11-5-6-14-45(35)40-25-33-43(34-26-40)50(41-27-19-37(20-28-41)36-12-3-2-4-13-36)42-29-21-38(22-30-42)39-23-31-44(32-24-39)51-48-17-9-7-15-46(48)47-16-8-10-18-49(47)51/h2-6,9-10,12-14,17-19,21,23-27,29,31,33,35,37-38,41-44H,7-8,11,15-16,20,22,28,30,32,34H2,1H3. The van der Waals surface area contributed by atoms with Crippen LogP contribution in [0.2, 0.25) is 0 Å². The normalized spacial score (nSPS) is 30.9. The molecule has 0 spiro atoms. The van der Waals surface area contributed by atoms with Crippen LogP contribution < -0.4 is 0 Å². The molecule has 1 heterocycles. The predicted octanol–water partition coefficient (Wildman–Crippen LogP) is 11.8. The molecule has 2 nitrogen and oxygen atoms in total. The Labute approximate surface area is 306 Å². The van der Waals surface area contributed by atoms with E-state index in [0.29, 0.717) is 41.9 Å². The average Bonchev–Trinajstić information content (AvgIpc) is 3.54. The van der Waals surface area contributed by atoms with E-state index in [1.165, 1.54) is 85.0 Å². The van der Waals surface area contributed by atoms with Gasteiger partial charge in [-0.15, -0.1) is 0 Å².